The Bertz CT molecular complexity index is 1320. The lowest BCUT2D eigenvalue weighted by molar-refractivity contribution is 0.0960. The first kappa shape index (κ1) is 26.2. The predicted molar refractivity (Wildman–Crippen MR) is 144 cm³/mol. The van der Waals surface area contributed by atoms with E-state index in [4.69, 9.17) is 16.3 Å². The van der Waals surface area contributed by atoms with Crippen LogP contribution in [-0.2, 0) is 6.42 Å². The number of hydrogen-bond acceptors (Lipinski definition) is 3. The van der Waals surface area contributed by atoms with Crippen LogP contribution in [0, 0.1) is 13.8 Å². The van der Waals surface area contributed by atoms with Crippen molar-refractivity contribution in [1.29, 1.82) is 0 Å². The minimum atomic E-state index is -0.0114. The minimum absolute atomic E-state index is 0.0114. The highest BCUT2D eigenvalue weighted by atomic mass is 35.5. The van der Waals surface area contributed by atoms with Gasteiger partial charge in [-0.2, -0.15) is 0 Å². The highest BCUT2D eigenvalue weighted by Gasteiger charge is 2.19. The van der Waals surface area contributed by atoms with Crippen LogP contribution in [0.25, 0.3) is 10.9 Å². The van der Waals surface area contributed by atoms with Crippen LogP contribution in [-0.4, -0.2) is 23.4 Å². The number of fused-ring (bicyclic) bond motifs is 1. The predicted octanol–water partition coefficient (Wildman–Crippen LogP) is 7.84. The molecule has 0 N–H and O–H groups in total. The molecule has 3 aromatic carbocycles. The zero-order valence-electron chi connectivity index (χ0n) is 21.0. The van der Waals surface area contributed by atoms with Crippen molar-refractivity contribution in [1.82, 2.24) is 4.57 Å². The van der Waals surface area contributed by atoms with Crippen molar-refractivity contribution >= 4 is 34.2 Å². The SMILES string of the molecule is CCCC(=O)c1ccc(OC)cc1.CCc1c(C)n(C(=O)c2ccc(Cl)cc2)c2ccc(C)cc12. The molecule has 4 nitrogen and oxygen atoms in total. The topological polar surface area (TPSA) is 48.3 Å². The Balaban J connectivity index is 0.000000225. The molecule has 0 saturated carbocycles. The molecule has 1 aromatic heterocycles. The van der Waals surface area contributed by atoms with Gasteiger partial charge in [-0.15, -0.1) is 0 Å². The zero-order chi connectivity index (χ0) is 25.5. The molecule has 0 amide bonds. The molecular weight excluding hydrogens is 458 g/mol. The Hall–Kier alpha value is -3.37. The fourth-order valence-corrected chi connectivity index (χ4v) is 4.30. The number of carbonyl (C=O) groups is 2. The summed E-state index contributed by atoms with van der Waals surface area (Å²) in [5, 5.41) is 1.80. The van der Waals surface area contributed by atoms with Crippen LogP contribution in [0.4, 0.5) is 0 Å². The molecule has 0 radical (unpaired) electrons. The molecule has 0 unspecified atom stereocenters. The van der Waals surface area contributed by atoms with Gasteiger partial charge in [-0.25, -0.2) is 0 Å². The number of ether oxygens (including phenoxy) is 1. The summed E-state index contributed by atoms with van der Waals surface area (Å²) in [6.07, 6.45) is 2.42. The van der Waals surface area contributed by atoms with Crippen molar-refractivity contribution in [3.05, 3.63) is 99.7 Å². The third kappa shape index (κ3) is 6.01. The number of Topliss-reactive ketones (excluding diaryl/α,β-unsaturated/α-hetero) is 1. The van der Waals surface area contributed by atoms with E-state index in [0.717, 1.165) is 35.4 Å². The number of methoxy groups -OCH3 is 1. The maximum atomic E-state index is 12.9. The molecule has 0 saturated heterocycles. The Labute approximate surface area is 212 Å². The molecule has 1 heterocycles. The number of benzene rings is 3. The second-order valence-corrected chi connectivity index (χ2v) is 8.92. The smallest absolute Gasteiger partial charge is 0.262 e. The number of rotatable bonds is 6. The van der Waals surface area contributed by atoms with Crippen LogP contribution >= 0.6 is 11.6 Å². The fourth-order valence-electron chi connectivity index (χ4n) is 4.17. The van der Waals surface area contributed by atoms with Gasteiger partial charge in [0, 0.05) is 33.7 Å². The lowest BCUT2D eigenvalue weighted by atomic mass is 10.1. The monoisotopic (exact) mass is 489 g/mol. The van der Waals surface area contributed by atoms with Crippen LogP contribution in [0.5, 0.6) is 5.75 Å². The lowest BCUT2D eigenvalue weighted by Crippen LogP contribution is -2.13. The number of ketones is 1. The third-order valence-corrected chi connectivity index (χ3v) is 6.28. The molecule has 35 heavy (non-hydrogen) atoms. The van der Waals surface area contributed by atoms with Crippen molar-refractivity contribution in [2.24, 2.45) is 0 Å². The Kier molecular flexibility index (Phi) is 8.89. The zero-order valence-corrected chi connectivity index (χ0v) is 21.8. The number of aromatic nitrogens is 1. The van der Waals surface area contributed by atoms with Crippen molar-refractivity contribution in [2.75, 3.05) is 7.11 Å². The summed E-state index contributed by atoms with van der Waals surface area (Å²) < 4.78 is 6.81. The molecule has 0 spiro atoms. The van der Waals surface area contributed by atoms with Crippen LogP contribution in [0.1, 0.15) is 64.2 Å². The average Bonchev–Trinajstić information content (AvgIpc) is 3.14. The van der Waals surface area contributed by atoms with Gasteiger partial charge in [0.1, 0.15) is 5.75 Å². The number of aryl methyl sites for hydroxylation is 2. The molecule has 0 fully saturated rings. The molecule has 0 aliphatic heterocycles. The molecule has 0 bridgehead atoms. The van der Waals surface area contributed by atoms with E-state index in [1.165, 1.54) is 16.5 Å². The van der Waals surface area contributed by atoms with Crippen molar-refractivity contribution in [2.45, 2.75) is 47.0 Å². The molecular formula is C30H32ClNO3. The van der Waals surface area contributed by atoms with E-state index in [-0.39, 0.29) is 11.7 Å². The van der Waals surface area contributed by atoms with Gasteiger partial charge < -0.3 is 4.74 Å². The van der Waals surface area contributed by atoms with Gasteiger partial charge in [0.25, 0.3) is 5.91 Å². The van der Waals surface area contributed by atoms with Crippen molar-refractivity contribution in [3.63, 3.8) is 0 Å². The van der Waals surface area contributed by atoms with E-state index >= 15 is 0 Å². The normalized spacial score (nSPS) is 10.6. The molecule has 182 valence electrons. The fraction of sp³-hybridized carbons (Fsp3) is 0.267. The van der Waals surface area contributed by atoms with Crippen LogP contribution in [0.2, 0.25) is 5.02 Å². The quantitative estimate of drug-likeness (QED) is 0.259. The van der Waals surface area contributed by atoms with E-state index in [1.54, 1.807) is 43.5 Å². The first-order valence-electron chi connectivity index (χ1n) is 11.9. The summed E-state index contributed by atoms with van der Waals surface area (Å²) in [6, 6.07) is 20.5. The first-order chi connectivity index (χ1) is 16.8. The van der Waals surface area contributed by atoms with Gasteiger partial charge in [0.05, 0.1) is 12.6 Å². The van der Waals surface area contributed by atoms with E-state index in [2.05, 4.69) is 19.9 Å². The van der Waals surface area contributed by atoms with E-state index in [0.29, 0.717) is 17.0 Å². The van der Waals surface area contributed by atoms with Gasteiger partial charge in [0.15, 0.2) is 5.78 Å². The molecule has 0 aliphatic carbocycles. The summed E-state index contributed by atoms with van der Waals surface area (Å²) >= 11 is 5.91. The number of nitrogens with zero attached hydrogens (tertiary/aromatic N) is 1. The van der Waals surface area contributed by atoms with Gasteiger partial charge in [-0.05, 0) is 92.9 Å². The maximum absolute atomic E-state index is 12.9. The number of halogens is 1. The summed E-state index contributed by atoms with van der Waals surface area (Å²) in [5.74, 6) is 0.973. The molecule has 5 heteroatoms. The van der Waals surface area contributed by atoms with Crippen molar-refractivity contribution in [3.8, 4) is 5.75 Å². The van der Waals surface area contributed by atoms with Gasteiger partial charge >= 0.3 is 0 Å². The Morgan fingerprint density at radius 1 is 0.886 bits per heavy atom. The van der Waals surface area contributed by atoms with Crippen LogP contribution in [0.15, 0.2) is 66.7 Å². The van der Waals surface area contributed by atoms with Gasteiger partial charge in [-0.1, -0.05) is 37.1 Å². The van der Waals surface area contributed by atoms with Crippen molar-refractivity contribution < 1.29 is 14.3 Å². The van der Waals surface area contributed by atoms with Crippen LogP contribution in [0.3, 0.4) is 0 Å². The van der Waals surface area contributed by atoms with E-state index in [9.17, 15) is 9.59 Å². The number of carbonyl (C=O) groups excluding carboxylic acids is 2. The van der Waals surface area contributed by atoms with E-state index < -0.39 is 0 Å². The van der Waals surface area contributed by atoms with Gasteiger partial charge in [-0.3, -0.25) is 14.2 Å². The lowest BCUT2D eigenvalue weighted by Gasteiger charge is -2.07. The molecule has 0 atom stereocenters. The molecule has 4 aromatic rings. The molecule has 0 aliphatic rings. The highest BCUT2D eigenvalue weighted by Crippen LogP contribution is 2.28. The molecule has 4 rings (SSSR count). The van der Waals surface area contributed by atoms with Gasteiger partial charge in [0.2, 0.25) is 0 Å². The van der Waals surface area contributed by atoms with Crippen LogP contribution < -0.4 is 4.74 Å². The standard InChI is InChI=1S/C19H18ClNO.C11H14O2/c1-4-16-13(3)21(18-10-5-12(2)11-17(16)18)19(22)14-6-8-15(20)9-7-14;1-3-4-11(12)9-5-7-10(13-2)8-6-9/h5-11H,4H2,1-3H3;5-8H,3-4H2,1-2H3. The second-order valence-electron chi connectivity index (χ2n) is 8.49. The average molecular weight is 490 g/mol. The summed E-state index contributed by atoms with van der Waals surface area (Å²) in [6.45, 7) is 8.22. The maximum Gasteiger partial charge on any atom is 0.262 e. The van der Waals surface area contributed by atoms with E-state index in [1.807, 2.05) is 42.7 Å². The summed E-state index contributed by atoms with van der Waals surface area (Å²) in [4.78, 5) is 24.3. The Morgan fingerprint density at radius 3 is 2.09 bits per heavy atom. The highest BCUT2D eigenvalue weighted by molar-refractivity contribution is 6.30. The first-order valence-corrected chi connectivity index (χ1v) is 12.3. The summed E-state index contributed by atoms with van der Waals surface area (Å²) in [5.41, 5.74) is 5.84. The third-order valence-electron chi connectivity index (χ3n) is 6.03. The minimum Gasteiger partial charge on any atom is -0.497 e. The second kappa shape index (κ2) is 11.9. The number of hydrogen-bond donors (Lipinski definition) is 0. The Morgan fingerprint density at radius 2 is 1.51 bits per heavy atom. The largest absolute Gasteiger partial charge is 0.497 e. The summed E-state index contributed by atoms with van der Waals surface area (Å²) in [7, 11) is 1.61.